The molecule has 0 radical (unpaired) electrons. The number of aromatic nitrogens is 1. The summed E-state index contributed by atoms with van der Waals surface area (Å²) in [4.78, 5) is 31.7. The lowest BCUT2D eigenvalue weighted by Crippen LogP contribution is -2.46. The van der Waals surface area contributed by atoms with E-state index in [-0.39, 0.29) is 6.42 Å². The predicted molar refractivity (Wildman–Crippen MR) is 101 cm³/mol. The monoisotopic (exact) mass is 399 g/mol. The van der Waals surface area contributed by atoms with Gasteiger partial charge in [0.15, 0.2) is 0 Å². The number of ether oxygens (including phenoxy) is 2. The van der Waals surface area contributed by atoms with Crippen LogP contribution in [0.5, 0.6) is 0 Å². The first kappa shape index (κ1) is 21.2. The maximum atomic E-state index is 12.3. The third kappa shape index (κ3) is 5.97. The van der Waals surface area contributed by atoms with Crippen molar-refractivity contribution in [2.45, 2.75) is 38.8 Å². The molecule has 2 rings (SSSR count). The fourth-order valence-electron chi connectivity index (χ4n) is 2.74. The van der Waals surface area contributed by atoms with E-state index in [1.807, 2.05) is 4.90 Å². The van der Waals surface area contributed by atoms with E-state index in [1.54, 1.807) is 26.8 Å². The van der Waals surface area contributed by atoms with Crippen LogP contribution < -0.4 is 4.90 Å². The van der Waals surface area contributed by atoms with Gasteiger partial charge in [0.05, 0.1) is 18.2 Å². The Hall–Kier alpha value is -2.06. The van der Waals surface area contributed by atoms with E-state index >= 15 is 0 Å². The van der Waals surface area contributed by atoms with Gasteiger partial charge in [-0.25, -0.2) is 14.6 Å². The van der Waals surface area contributed by atoms with Crippen molar-refractivity contribution in [2.75, 3.05) is 38.3 Å². The topological polar surface area (TPSA) is 92.2 Å². The van der Waals surface area contributed by atoms with E-state index in [1.165, 1.54) is 13.2 Å². The van der Waals surface area contributed by atoms with E-state index in [0.29, 0.717) is 42.7 Å². The van der Waals surface area contributed by atoms with Crippen LogP contribution in [0.2, 0.25) is 5.02 Å². The van der Waals surface area contributed by atoms with Crippen LogP contribution in [0.15, 0.2) is 12.3 Å². The molecule has 1 amide bonds. The molecule has 1 fully saturated rings. The van der Waals surface area contributed by atoms with Crippen LogP contribution in [0.4, 0.5) is 10.6 Å². The summed E-state index contributed by atoms with van der Waals surface area (Å²) in [5.74, 6) is -0.470. The fraction of sp³-hybridized carbons (Fsp3) is 0.611. The second-order valence-corrected chi connectivity index (χ2v) is 7.82. The average molecular weight is 400 g/mol. The molecule has 0 aromatic carbocycles. The van der Waals surface area contributed by atoms with E-state index in [2.05, 4.69) is 4.98 Å². The molecule has 1 atom stereocenters. The molecule has 0 saturated carbocycles. The minimum absolute atomic E-state index is 0.0608. The Bertz CT molecular complexity index is 686. The maximum Gasteiger partial charge on any atom is 0.410 e. The molecule has 8 nitrogen and oxygen atoms in total. The van der Waals surface area contributed by atoms with Gasteiger partial charge in [-0.15, -0.1) is 0 Å². The number of carbonyl (C=O) groups is 2. The SMILES string of the molecule is CN(C(=O)OC(C)(C)C)[C@@H](Cc1cc(Cl)cnc1N1CCOCC1)C(=O)O. The van der Waals surface area contributed by atoms with Gasteiger partial charge >= 0.3 is 12.1 Å². The molecular formula is C18H26ClN3O5. The molecule has 0 aliphatic carbocycles. The number of nitrogens with zero attached hydrogens (tertiary/aromatic N) is 3. The molecule has 0 unspecified atom stereocenters. The highest BCUT2D eigenvalue weighted by Gasteiger charge is 2.31. The Kier molecular flexibility index (Phi) is 6.89. The first-order chi connectivity index (χ1) is 12.6. The molecule has 0 spiro atoms. The number of carboxylic acids is 1. The molecule has 1 aliphatic rings. The quantitative estimate of drug-likeness (QED) is 0.812. The van der Waals surface area contributed by atoms with Crippen molar-refractivity contribution >= 4 is 29.5 Å². The number of likely N-dealkylation sites (N-methyl/N-ethyl adjacent to an activating group) is 1. The third-order valence-corrected chi connectivity index (χ3v) is 4.27. The van der Waals surface area contributed by atoms with Crippen molar-refractivity contribution in [1.29, 1.82) is 0 Å². The summed E-state index contributed by atoms with van der Waals surface area (Å²) in [5, 5.41) is 10.1. The molecule has 1 aliphatic heterocycles. The van der Waals surface area contributed by atoms with Gasteiger partial charge in [-0.05, 0) is 32.4 Å². The first-order valence-electron chi connectivity index (χ1n) is 8.74. The van der Waals surface area contributed by atoms with Crippen LogP contribution in [0.1, 0.15) is 26.3 Å². The van der Waals surface area contributed by atoms with Crippen LogP contribution in [0, 0.1) is 0 Å². The highest BCUT2D eigenvalue weighted by Crippen LogP contribution is 2.25. The van der Waals surface area contributed by atoms with Crippen LogP contribution >= 0.6 is 11.6 Å². The molecule has 2 heterocycles. The number of morpholine rings is 1. The number of anilines is 1. The summed E-state index contributed by atoms with van der Waals surface area (Å²) in [6.07, 6.45) is 0.895. The minimum Gasteiger partial charge on any atom is -0.480 e. The molecule has 9 heteroatoms. The number of amides is 1. The Balaban J connectivity index is 2.26. The van der Waals surface area contributed by atoms with Gasteiger partial charge in [-0.3, -0.25) is 4.90 Å². The zero-order valence-corrected chi connectivity index (χ0v) is 16.8. The first-order valence-corrected chi connectivity index (χ1v) is 9.12. The van der Waals surface area contributed by atoms with E-state index < -0.39 is 23.7 Å². The Morgan fingerprint density at radius 3 is 2.59 bits per heavy atom. The number of carboxylic acid groups (broad SMARTS) is 1. The lowest BCUT2D eigenvalue weighted by molar-refractivity contribution is -0.142. The van der Waals surface area contributed by atoms with Gasteiger partial charge in [0.1, 0.15) is 17.5 Å². The molecule has 27 heavy (non-hydrogen) atoms. The largest absolute Gasteiger partial charge is 0.480 e. The summed E-state index contributed by atoms with van der Waals surface area (Å²) >= 11 is 6.09. The minimum atomic E-state index is -1.13. The number of aliphatic carboxylic acids is 1. The second-order valence-electron chi connectivity index (χ2n) is 7.39. The van der Waals surface area contributed by atoms with Crippen LogP contribution in [-0.2, 0) is 20.7 Å². The van der Waals surface area contributed by atoms with E-state index in [4.69, 9.17) is 21.1 Å². The third-order valence-electron chi connectivity index (χ3n) is 4.07. The zero-order chi connectivity index (χ0) is 20.2. The maximum absolute atomic E-state index is 12.3. The highest BCUT2D eigenvalue weighted by molar-refractivity contribution is 6.30. The van der Waals surface area contributed by atoms with Crippen molar-refractivity contribution in [3.63, 3.8) is 0 Å². The lowest BCUT2D eigenvalue weighted by Gasteiger charge is -2.31. The standard InChI is InChI=1S/C18H26ClN3O5/c1-18(2,3)27-17(25)21(4)14(16(23)24)10-12-9-13(19)11-20-15(12)22-5-7-26-8-6-22/h9,11,14H,5-8,10H2,1-4H3,(H,23,24)/t14-/m0/s1. The molecule has 1 aromatic heterocycles. The van der Waals surface area contributed by atoms with Crippen molar-refractivity contribution in [3.05, 3.63) is 22.8 Å². The number of rotatable bonds is 5. The molecule has 0 bridgehead atoms. The van der Waals surface area contributed by atoms with Gasteiger partial charge in [0.25, 0.3) is 0 Å². The van der Waals surface area contributed by atoms with Crippen LogP contribution in [-0.4, -0.2) is 72.0 Å². The van der Waals surface area contributed by atoms with Crippen LogP contribution in [0.3, 0.4) is 0 Å². The van der Waals surface area contributed by atoms with Gasteiger partial charge in [-0.2, -0.15) is 0 Å². The lowest BCUT2D eigenvalue weighted by atomic mass is 10.0. The summed E-state index contributed by atoms with van der Waals surface area (Å²) in [7, 11) is 1.42. The number of hydrogen-bond acceptors (Lipinski definition) is 6. The van der Waals surface area contributed by atoms with Crippen molar-refractivity contribution in [1.82, 2.24) is 9.88 Å². The Morgan fingerprint density at radius 2 is 2.04 bits per heavy atom. The van der Waals surface area contributed by atoms with Gasteiger partial charge in [-0.1, -0.05) is 11.6 Å². The van der Waals surface area contributed by atoms with Crippen LogP contribution in [0.25, 0.3) is 0 Å². The molecule has 1 N–H and O–H groups in total. The summed E-state index contributed by atoms with van der Waals surface area (Å²) in [6.45, 7) is 7.64. The van der Waals surface area contributed by atoms with Crippen molar-refractivity contribution in [3.8, 4) is 0 Å². The van der Waals surface area contributed by atoms with E-state index in [0.717, 1.165) is 4.90 Å². The normalized spacial score (nSPS) is 16.0. The Labute approximate surface area is 164 Å². The number of hydrogen-bond donors (Lipinski definition) is 1. The van der Waals surface area contributed by atoms with Gasteiger partial charge in [0, 0.05) is 32.8 Å². The molecule has 150 valence electrons. The molecule has 1 saturated heterocycles. The second kappa shape index (κ2) is 8.75. The highest BCUT2D eigenvalue weighted by atomic mass is 35.5. The average Bonchev–Trinajstić information content (AvgIpc) is 2.58. The Morgan fingerprint density at radius 1 is 1.41 bits per heavy atom. The summed E-state index contributed by atoms with van der Waals surface area (Å²) in [6, 6.07) is 0.581. The van der Waals surface area contributed by atoms with Crippen molar-refractivity contribution in [2.24, 2.45) is 0 Å². The molecular weight excluding hydrogens is 374 g/mol. The number of pyridine rings is 1. The fourth-order valence-corrected chi connectivity index (χ4v) is 2.92. The number of carbonyl (C=O) groups excluding carboxylic acids is 1. The van der Waals surface area contributed by atoms with Gasteiger partial charge in [0.2, 0.25) is 0 Å². The van der Waals surface area contributed by atoms with Gasteiger partial charge < -0.3 is 19.5 Å². The summed E-state index contributed by atoms with van der Waals surface area (Å²) < 4.78 is 10.7. The van der Waals surface area contributed by atoms with Crippen molar-refractivity contribution < 1.29 is 24.2 Å². The predicted octanol–water partition coefficient (Wildman–Crippen LogP) is 2.43. The zero-order valence-electron chi connectivity index (χ0n) is 16.1. The van der Waals surface area contributed by atoms with E-state index in [9.17, 15) is 14.7 Å². The number of halogens is 1. The summed E-state index contributed by atoms with van der Waals surface area (Å²) in [5.41, 5.74) is -0.0578. The molecule has 1 aromatic rings. The smallest absolute Gasteiger partial charge is 0.410 e.